The van der Waals surface area contributed by atoms with Crippen LogP contribution < -0.4 is 22.9 Å². The number of benzene rings is 2. The van der Waals surface area contributed by atoms with E-state index in [9.17, 15) is 17.6 Å². The largest absolute Gasteiger partial charge is 0.383 e. The third kappa shape index (κ3) is 3.97. The van der Waals surface area contributed by atoms with Crippen LogP contribution in [0.4, 0.5) is 40.8 Å². The molecule has 0 unspecified atom stereocenters. The number of hydrogen-bond donors (Lipinski definition) is 4. The summed E-state index contributed by atoms with van der Waals surface area (Å²) in [5.74, 6) is -4.26. The molecule has 0 aliphatic carbocycles. The van der Waals surface area contributed by atoms with Gasteiger partial charge in [-0.15, -0.1) is 0 Å². The van der Waals surface area contributed by atoms with Gasteiger partial charge in [0.1, 0.15) is 40.7 Å². The van der Waals surface area contributed by atoms with Crippen LogP contribution in [0.15, 0.2) is 30.3 Å². The third-order valence-electron chi connectivity index (χ3n) is 5.67. The predicted molar refractivity (Wildman–Crippen MR) is 129 cm³/mol. The summed E-state index contributed by atoms with van der Waals surface area (Å²) in [6.07, 6.45) is -0.487. The van der Waals surface area contributed by atoms with Gasteiger partial charge in [-0.05, 0) is 37.3 Å². The van der Waals surface area contributed by atoms with Gasteiger partial charge in [0.25, 0.3) is 5.95 Å². The number of aryl methyl sites for hydroxylation is 1. The highest BCUT2D eigenvalue weighted by Crippen LogP contribution is 2.37. The first kappa shape index (κ1) is 23.7. The minimum Gasteiger partial charge on any atom is -0.383 e. The van der Waals surface area contributed by atoms with Crippen LogP contribution in [-0.4, -0.2) is 29.7 Å². The molecule has 0 radical (unpaired) electrons. The summed E-state index contributed by atoms with van der Waals surface area (Å²) in [4.78, 5) is 16.6. The number of nitrogens with two attached hydrogens (primary N) is 4. The second-order valence-electron chi connectivity index (χ2n) is 8.10. The van der Waals surface area contributed by atoms with Crippen LogP contribution in [0.3, 0.4) is 0 Å². The number of hydrogen-bond acceptors (Lipinski definition) is 9. The molecule has 14 heteroatoms. The zero-order chi connectivity index (χ0) is 26.6. The maximum Gasteiger partial charge on any atom is 0.255 e. The van der Waals surface area contributed by atoms with Crippen LogP contribution in [0.2, 0.25) is 0 Å². The van der Waals surface area contributed by atoms with Crippen LogP contribution in [0.25, 0.3) is 28.0 Å². The molecule has 188 valence electrons. The van der Waals surface area contributed by atoms with Crippen molar-refractivity contribution in [3.63, 3.8) is 0 Å². The molecule has 0 saturated heterocycles. The van der Waals surface area contributed by atoms with Crippen molar-refractivity contribution in [3.05, 3.63) is 70.7 Å². The summed E-state index contributed by atoms with van der Waals surface area (Å²) >= 11 is 0. The SMILES string of the molecule is Cc1nc(N)c(-c2c(N)nc(-n3nc(Cc4c(F)ccc(F)c4F)c4cc(F)ccc43)nc2N)c(N)n1. The van der Waals surface area contributed by atoms with Crippen molar-refractivity contribution in [3.8, 4) is 17.1 Å². The Morgan fingerprint density at radius 1 is 0.757 bits per heavy atom. The number of nitrogens with zero attached hydrogens (tertiary/aromatic N) is 6. The quantitative estimate of drug-likeness (QED) is 0.209. The molecule has 0 fully saturated rings. The Kier molecular flexibility index (Phi) is 5.50. The minimum absolute atomic E-state index is 0.0150. The summed E-state index contributed by atoms with van der Waals surface area (Å²) in [6, 6.07) is 5.11. The Bertz CT molecular complexity index is 1670. The van der Waals surface area contributed by atoms with Crippen LogP contribution >= 0.6 is 0 Å². The molecule has 5 rings (SSSR count). The molecular weight excluding hydrogens is 492 g/mol. The lowest BCUT2D eigenvalue weighted by molar-refractivity contribution is 0.482. The molecule has 0 amide bonds. The highest BCUT2D eigenvalue weighted by atomic mass is 19.2. The zero-order valence-corrected chi connectivity index (χ0v) is 19.1. The maximum atomic E-state index is 14.3. The monoisotopic (exact) mass is 510 g/mol. The van der Waals surface area contributed by atoms with E-state index in [1.54, 1.807) is 6.92 Å². The van der Waals surface area contributed by atoms with E-state index in [-0.39, 0.29) is 56.9 Å². The number of aromatic nitrogens is 6. The smallest absolute Gasteiger partial charge is 0.255 e. The first-order valence-electron chi connectivity index (χ1n) is 10.7. The Hall–Kier alpha value is -5.01. The topological polar surface area (TPSA) is 173 Å². The van der Waals surface area contributed by atoms with E-state index in [0.29, 0.717) is 11.9 Å². The first-order valence-corrected chi connectivity index (χ1v) is 10.7. The van der Waals surface area contributed by atoms with Crippen molar-refractivity contribution in [1.29, 1.82) is 0 Å². The summed E-state index contributed by atoms with van der Waals surface area (Å²) < 4.78 is 57.7. The number of fused-ring (bicyclic) bond motifs is 1. The summed E-state index contributed by atoms with van der Waals surface area (Å²) in [7, 11) is 0. The van der Waals surface area contributed by atoms with Crippen LogP contribution in [0.1, 0.15) is 17.1 Å². The minimum atomic E-state index is -1.37. The van der Waals surface area contributed by atoms with Crippen molar-refractivity contribution in [2.75, 3.05) is 22.9 Å². The average Bonchev–Trinajstić information content (AvgIpc) is 3.17. The number of rotatable bonds is 4. The van der Waals surface area contributed by atoms with Crippen LogP contribution in [0, 0.1) is 30.2 Å². The molecule has 3 aromatic heterocycles. The number of nitrogen functional groups attached to an aromatic ring is 4. The van der Waals surface area contributed by atoms with Gasteiger partial charge < -0.3 is 22.9 Å². The van der Waals surface area contributed by atoms with Crippen molar-refractivity contribution >= 4 is 34.2 Å². The molecule has 37 heavy (non-hydrogen) atoms. The maximum absolute atomic E-state index is 14.3. The van der Waals surface area contributed by atoms with E-state index in [0.717, 1.165) is 18.2 Å². The van der Waals surface area contributed by atoms with Crippen molar-refractivity contribution < 1.29 is 17.6 Å². The van der Waals surface area contributed by atoms with Gasteiger partial charge in [-0.1, -0.05) is 0 Å². The molecule has 2 aromatic carbocycles. The fourth-order valence-electron chi connectivity index (χ4n) is 4.04. The van der Waals surface area contributed by atoms with Gasteiger partial charge in [0.2, 0.25) is 0 Å². The lowest BCUT2D eigenvalue weighted by Crippen LogP contribution is -2.12. The van der Waals surface area contributed by atoms with Crippen molar-refractivity contribution in [2.45, 2.75) is 13.3 Å². The fourth-order valence-corrected chi connectivity index (χ4v) is 4.04. The Morgan fingerprint density at radius 3 is 1.95 bits per heavy atom. The highest BCUT2D eigenvalue weighted by Gasteiger charge is 2.23. The van der Waals surface area contributed by atoms with Gasteiger partial charge in [0.05, 0.1) is 22.3 Å². The molecule has 8 N–H and O–H groups in total. The van der Waals surface area contributed by atoms with E-state index in [1.807, 2.05) is 0 Å². The lowest BCUT2D eigenvalue weighted by Gasteiger charge is -2.14. The molecule has 0 bridgehead atoms. The van der Waals surface area contributed by atoms with Crippen LogP contribution in [-0.2, 0) is 6.42 Å². The summed E-state index contributed by atoms with van der Waals surface area (Å²) in [5.41, 5.74) is 24.4. The van der Waals surface area contributed by atoms with Crippen LogP contribution in [0.5, 0.6) is 0 Å². The van der Waals surface area contributed by atoms with Gasteiger partial charge in [0.15, 0.2) is 11.6 Å². The first-order chi connectivity index (χ1) is 17.5. The zero-order valence-electron chi connectivity index (χ0n) is 19.1. The van der Waals surface area contributed by atoms with E-state index in [4.69, 9.17) is 22.9 Å². The highest BCUT2D eigenvalue weighted by molar-refractivity contribution is 5.93. The summed E-state index contributed by atoms with van der Waals surface area (Å²) in [5, 5.41) is 4.51. The Balaban J connectivity index is 1.68. The standard InChI is InChI=1S/C23H18F4N10/c1-8-32-19(28)16(20(29)33-8)17-21(30)34-23(35-22(17)31)37-15-5-2-9(24)6-11(15)14(36-37)7-10-12(25)3-4-13(26)18(10)27/h2-6H,7H2,1H3,(H4,28,29,32,33)(H4,30,31,34,35). The number of halogens is 4. The molecule has 0 saturated carbocycles. The second kappa shape index (κ2) is 8.58. The molecule has 0 spiro atoms. The van der Waals surface area contributed by atoms with Gasteiger partial charge in [-0.3, -0.25) is 0 Å². The van der Waals surface area contributed by atoms with Gasteiger partial charge in [0, 0.05) is 17.4 Å². The third-order valence-corrected chi connectivity index (χ3v) is 5.67. The second-order valence-corrected chi connectivity index (χ2v) is 8.10. The molecule has 5 aromatic rings. The molecule has 3 heterocycles. The van der Waals surface area contributed by atoms with E-state index < -0.39 is 35.3 Å². The molecule has 0 atom stereocenters. The number of anilines is 4. The Morgan fingerprint density at radius 2 is 1.32 bits per heavy atom. The molecule has 10 nitrogen and oxygen atoms in total. The van der Waals surface area contributed by atoms with Gasteiger partial charge >= 0.3 is 0 Å². The van der Waals surface area contributed by atoms with E-state index in [1.165, 1.54) is 10.7 Å². The van der Waals surface area contributed by atoms with E-state index in [2.05, 4.69) is 25.0 Å². The fraction of sp³-hybridized carbons (Fsp3) is 0.0870. The predicted octanol–water partition coefficient (Wildman–Crippen LogP) is 3.06. The summed E-state index contributed by atoms with van der Waals surface area (Å²) in [6.45, 7) is 1.60. The van der Waals surface area contributed by atoms with Crippen molar-refractivity contribution in [1.82, 2.24) is 29.7 Å². The normalized spacial score (nSPS) is 11.4. The lowest BCUT2D eigenvalue weighted by atomic mass is 10.1. The van der Waals surface area contributed by atoms with Crippen molar-refractivity contribution in [2.24, 2.45) is 0 Å². The average molecular weight is 510 g/mol. The van der Waals surface area contributed by atoms with E-state index >= 15 is 0 Å². The molecular formula is C23H18F4N10. The molecule has 0 aliphatic heterocycles. The van der Waals surface area contributed by atoms with Gasteiger partial charge in [-0.25, -0.2) is 27.5 Å². The van der Waals surface area contributed by atoms with Gasteiger partial charge in [-0.2, -0.15) is 19.7 Å². The Labute approximate surface area is 206 Å². The molecule has 0 aliphatic rings.